The standard InChI is InChI=1S/C11H20O2/c1-10(2,3)9(12)11(4)5-7-13-8-6-11/h5-8H2,1-4H3. The Morgan fingerprint density at radius 3 is 2.08 bits per heavy atom. The van der Waals surface area contributed by atoms with E-state index in [1.807, 2.05) is 20.8 Å². The summed E-state index contributed by atoms with van der Waals surface area (Å²) >= 11 is 0. The summed E-state index contributed by atoms with van der Waals surface area (Å²) in [7, 11) is 0. The van der Waals surface area contributed by atoms with Crippen molar-refractivity contribution >= 4 is 5.78 Å². The van der Waals surface area contributed by atoms with E-state index in [1.165, 1.54) is 0 Å². The van der Waals surface area contributed by atoms with Crippen LogP contribution < -0.4 is 0 Å². The maximum Gasteiger partial charge on any atom is 0.144 e. The Bertz CT molecular complexity index is 195. The molecule has 0 bridgehead atoms. The lowest BCUT2D eigenvalue weighted by atomic mass is 9.69. The summed E-state index contributed by atoms with van der Waals surface area (Å²) < 4.78 is 5.28. The van der Waals surface area contributed by atoms with Gasteiger partial charge in [-0.3, -0.25) is 4.79 Å². The molecule has 2 nitrogen and oxygen atoms in total. The molecule has 1 rings (SSSR count). The van der Waals surface area contributed by atoms with Gasteiger partial charge in [0.2, 0.25) is 0 Å². The normalized spacial score (nSPS) is 22.8. The van der Waals surface area contributed by atoms with E-state index in [0.29, 0.717) is 5.78 Å². The Morgan fingerprint density at radius 1 is 1.23 bits per heavy atom. The molecule has 0 saturated carbocycles. The van der Waals surface area contributed by atoms with Gasteiger partial charge in [0, 0.05) is 24.0 Å². The van der Waals surface area contributed by atoms with E-state index in [0.717, 1.165) is 26.1 Å². The van der Waals surface area contributed by atoms with Gasteiger partial charge < -0.3 is 4.74 Å². The molecular weight excluding hydrogens is 164 g/mol. The first-order chi connectivity index (χ1) is 5.86. The van der Waals surface area contributed by atoms with Gasteiger partial charge in [0.25, 0.3) is 0 Å². The topological polar surface area (TPSA) is 26.3 Å². The molecular formula is C11H20O2. The monoisotopic (exact) mass is 184 g/mol. The Kier molecular flexibility index (Phi) is 2.81. The molecule has 1 aliphatic rings. The highest BCUT2D eigenvalue weighted by Crippen LogP contribution is 2.37. The minimum atomic E-state index is -0.216. The van der Waals surface area contributed by atoms with Crippen molar-refractivity contribution in [3.05, 3.63) is 0 Å². The van der Waals surface area contributed by atoms with Crippen LogP contribution in [0.5, 0.6) is 0 Å². The van der Waals surface area contributed by atoms with Crippen molar-refractivity contribution in [2.75, 3.05) is 13.2 Å². The molecule has 0 N–H and O–H groups in total. The van der Waals surface area contributed by atoms with Crippen molar-refractivity contribution in [3.8, 4) is 0 Å². The lowest BCUT2D eigenvalue weighted by molar-refractivity contribution is -0.141. The third-order valence-corrected chi connectivity index (χ3v) is 2.83. The van der Waals surface area contributed by atoms with E-state index in [-0.39, 0.29) is 10.8 Å². The van der Waals surface area contributed by atoms with Gasteiger partial charge in [-0.1, -0.05) is 27.7 Å². The first kappa shape index (κ1) is 10.7. The van der Waals surface area contributed by atoms with Crippen LogP contribution in [0.1, 0.15) is 40.5 Å². The summed E-state index contributed by atoms with van der Waals surface area (Å²) in [6.45, 7) is 9.53. The number of hydrogen-bond acceptors (Lipinski definition) is 2. The summed E-state index contributed by atoms with van der Waals surface area (Å²) in [5.41, 5.74) is -0.359. The quantitative estimate of drug-likeness (QED) is 0.625. The fraction of sp³-hybridized carbons (Fsp3) is 0.909. The van der Waals surface area contributed by atoms with Crippen LogP contribution in [-0.2, 0) is 9.53 Å². The smallest absolute Gasteiger partial charge is 0.144 e. The third-order valence-electron chi connectivity index (χ3n) is 2.83. The second kappa shape index (κ2) is 3.41. The zero-order valence-corrected chi connectivity index (χ0v) is 9.14. The average Bonchev–Trinajstić information content (AvgIpc) is 2.03. The van der Waals surface area contributed by atoms with Crippen LogP contribution in [0.2, 0.25) is 0 Å². The number of hydrogen-bond donors (Lipinski definition) is 0. The van der Waals surface area contributed by atoms with E-state index in [1.54, 1.807) is 0 Å². The molecule has 1 heterocycles. The zero-order chi connectivity index (χ0) is 10.1. The van der Waals surface area contributed by atoms with Crippen molar-refractivity contribution in [1.29, 1.82) is 0 Å². The summed E-state index contributed by atoms with van der Waals surface area (Å²) in [6, 6.07) is 0. The highest BCUT2D eigenvalue weighted by atomic mass is 16.5. The lowest BCUT2D eigenvalue weighted by Gasteiger charge is -2.36. The predicted molar refractivity (Wildman–Crippen MR) is 52.6 cm³/mol. The molecule has 1 aliphatic heterocycles. The maximum atomic E-state index is 12.1. The predicted octanol–water partition coefficient (Wildman–Crippen LogP) is 2.42. The van der Waals surface area contributed by atoms with Crippen molar-refractivity contribution in [1.82, 2.24) is 0 Å². The number of rotatable bonds is 1. The fourth-order valence-electron chi connectivity index (χ4n) is 1.95. The van der Waals surface area contributed by atoms with Gasteiger partial charge in [-0.15, -0.1) is 0 Å². The van der Waals surface area contributed by atoms with Gasteiger partial charge in [0.1, 0.15) is 5.78 Å². The van der Waals surface area contributed by atoms with Crippen LogP contribution in [-0.4, -0.2) is 19.0 Å². The van der Waals surface area contributed by atoms with E-state index in [2.05, 4.69) is 6.92 Å². The molecule has 0 atom stereocenters. The van der Waals surface area contributed by atoms with Gasteiger partial charge in [0.05, 0.1) is 0 Å². The van der Waals surface area contributed by atoms with Crippen molar-refractivity contribution in [2.24, 2.45) is 10.8 Å². The molecule has 0 radical (unpaired) electrons. The van der Waals surface area contributed by atoms with Gasteiger partial charge >= 0.3 is 0 Å². The van der Waals surface area contributed by atoms with Crippen molar-refractivity contribution in [3.63, 3.8) is 0 Å². The Labute approximate surface area is 80.7 Å². The van der Waals surface area contributed by atoms with Crippen LogP contribution in [0.4, 0.5) is 0 Å². The molecule has 0 spiro atoms. The number of ether oxygens (including phenoxy) is 1. The summed E-state index contributed by atoms with van der Waals surface area (Å²) in [4.78, 5) is 12.1. The summed E-state index contributed by atoms with van der Waals surface area (Å²) in [6.07, 6.45) is 1.76. The maximum absolute atomic E-state index is 12.1. The van der Waals surface area contributed by atoms with Gasteiger partial charge in [-0.05, 0) is 12.8 Å². The number of carbonyl (C=O) groups is 1. The summed E-state index contributed by atoms with van der Waals surface area (Å²) in [5.74, 6) is 0.378. The summed E-state index contributed by atoms with van der Waals surface area (Å²) in [5, 5.41) is 0. The van der Waals surface area contributed by atoms with Gasteiger partial charge in [0.15, 0.2) is 0 Å². The second-order valence-electron chi connectivity index (χ2n) is 5.25. The zero-order valence-electron chi connectivity index (χ0n) is 9.14. The average molecular weight is 184 g/mol. The molecule has 13 heavy (non-hydrogen) atoms. The highest BCUT2D eigenvalue weighted by molar-refractivity contribution is 5.89. The third kappa shape index (κ3) is 2.31. The minimum absolute atomic E-state index is 0.142. The van der Waals surface area contributed by atoms with E-state index in [9.17, 15) is 4.79 Å². The van der Waals surface area contributed by atoms with E-state index >= 15 is 0 Å². The van der Waals surface area contributed by atoms with Crippen molar-refractivity contribution < 1.29 is 9.53 Å². The first-order valence-electron chi connectivity index (χ1n) is 4.99. The Hall–Kier alpha value is -0.370. The molecule has 76 valence electrons. The van der Waals surface area contributed by atoms with E-state index < -0.39 is 0 Å². The Morgan fingerprint density at radius 2 is 1.69 bits per heavy atom. The molecule has 0 aromatic carbocycles. The number of carbonyl (C=O) groups excluding carboxylic acids is 1. The minimum Gasteiger partial charge on any atom is -0.381 e. The first-order valence-corrected chi connectivity index (χ1v) is 4.99. The second-order valence-corrected chi connectivity index (χ2v) is 5.25. The molecule has 0 aromatic rings. The van der Waals surface area contributed by atoms with E-state index in [4.69, 9.17) is 4.74 Å². The fourth-order valence-corrected chi connectivity index (χ4v) is 1.95. The molecule has 0 aromatic heterocycles. The van der Waals surface area contributed by atoms with Crippen molar-refractivity contribution in [2.45, 2.75) is 40.5 Å². The number of Topliss-reactive ketones (excluding diaryl/α,β-unsaturated/α-hetero) is 1. The largest absolute Gasteiger partial charge is 0.381 e. The lowest BCUT2D eigenvalue weighted by Crippen LogP contribution is -2.41. The van der Waals surface area contributed by atoms with Crippen LogP contribution in [0.15, 0.2) is 0 Å². The molecule has 0 unspecified atom stereocenters. The van der Waals surface area contributed by atoms with Gasteiger partial charge in [-0.2, -0.15) is 0 Å². The molecule has 1 saturated heterocycles. The van der Waals surface area contributed by atoms with Crippen LogP contribution in [0.3, 0.4) is 0 Å². The highest BCUT2D eigenvalue weighted by Gasteiger charge is 2.40. The van der Waals surface area contributed by atoms with Gasteiger partial charge in [-0.25, -0.2) is 0 Å². The van der Waals surface area contributed by atoms with Crippen LogP contribution >= 0.6 is 0 Å². The molecule has 1 fully saturated rings. The SMILES string of the molecule is CC(C)(C)C(=O)C1(C)CCOCC1. The number of ketones is 1. The Balaban J connectivity index is 2.73. The van der Waals surface area contributed by atoms with Crippen LogP contribution in [0, 0.1) is 10.8 Å². The molecule has 0 amide bonds. The molecule has 2 heteroatoms. The molecule has 0 aliphatic carbocycles. The van der Waals surface area contributed by atoms with Crippen LogP contribution in [0.25, 0.3) is 0 Å².